The number of ether oxygens (including phenoxy) is 2. The molecule has 0 saturated carbocycles. The highest BCUT2D eigenvalue weighted by Gasteiger charge is 2.13. The van der Waals surface area contributed by atoms with Gasteiger partial charge in [-0.2, -0.15) is 0 Å². The molecule has 1 unspecified atom stereocenters. The maximum Gasteiger partial charge on any atom is 0.306 e. The van der Waals surface area contributed by atoms with Crippen LogP contribution in [0.2, 0.25) is 0 Å². The molecular formula is C37H62O4. The summed E-state index contributed by atoms with van der Waals surface area (Å²) in [5, 5.41) is 9.52. The lowest BCUT2D eigenvalue weighted by Crippen LogP contribution is -2.27. The Balaban J connectivity index is 3.57. The summed E-state index contributed by atoms with van der Waals surface area (Å²) in [5.41, 5.74) is 0. The van der Waals surface area contributed by atoms with Crippen LogP contribution in [0, 0.1) is 0 Å². The van der Waals surface area contributed by atoms with Crippen LogP contribution >= 0.6 is 0 Å². The third-order valence-electron chi connectivity index (χ3n) is 6.53. The van der Waals surface area contributed by atoms with Crippen molar-refractivity contribution >= 4 is 5.97 Å². The minimum absolute atomic E-state index is 0.193. The molecule has 0 heterocycles. The first-order valence-corrected chi connectivity index (χ1v) is 16.5. The van der Waals surface area contributed by atoms with E-state index in [2.05, 4.69) is 86.8 Å². The summed E-state index contributed by atoms with van der Waals surface area (Å²) in [7, 11) is 0. The van der Waals surface area contributed by atoms with Crippen LogP contribution in [-0.4, -0.2) is 37.0 Å². The van der Waals surface area contributed by atoms with E-state index < -0.39 is 6.10 Å². The number of carbonyl (C=O) groups is 1. The summed E-state index contributed by atoms with van der Waals surface area (Å²) in [6.45, 7) is 5.03. The van der Waals surface area contributed by atoms with Crippen molar-refractivity contribution in [2.75, 3.05) is 19.8 Å². The van der Waals surface area contributed by atoms with Gasteiger partial charge in [0.05, 0.1) is 13.2 Å². The normalized spacial score (nSPS) is 13.3. The van der Waals surface area contributed by atoms with Gasteiger partial charge < -0.3 is 14.6 Å². The Morgan fingerprint density at radius 3 is 1.54 bits per heavy atom. The maximum absolute atomic E-state index is 12.1. The molecule has 0 fully saturated rings. The summed E-state index contributed by atoms with van der Waals surface area (Å²) in [5.74, 6) is -0.231. The average molecular weight is 571 g/mol. The van der Waals surface area contributed by atoms with E-state index in [4.69, 9.17) is 9.47 Å². The van der Waals surface area contributed by atoms with Crippen molar-refractivity contribution in [2.24, 2.45) is 0 Å². The predicted octanol–water partition coefficient (Wildman–Crippen LogP) is 10.3. The number of carbonyl (C=O) groups excluding carboxylic acids is 1. The Bertz CT molecular complexity index is 729. The molecule has 1 atom stereocenters. The topological polar surface area (TPSA) is 55.8 Å². The molecule has 0 aliphatic heterocycles. The standard InChI is InChI=1S/C37H62O4/c1-3-5-7-9-11-13-15-17-19-20-22-24-26-28-30-32-37(39)41-36(34-38)35-40-33-31-29-27-25-23-21-18-16-14-12-10-8-6-4-2/h5-8,11-14,17-19,21,36,38H,3-4,9-10,15-16,20,22-35H2,1-2H3/b7-5-,8-6-,13-11-,14-12-,19-17-,21-18-. The van der Waals surface area contributed by atoms with Crippen molar-refractivity contribution in [3.05, 3.63) is 72.9 Å². The number of rotatable bonds is 29. The quantitative estimate of drug-likeness (QED) is 0.0552. The zero-order chi connectivity index (χ0) is 29.9. The van der Waals surface area contributed by atoms with Crippen LogP contribution in [0.1, 0.15) is 129 Å². The van der Waals surface area contributed by atoms with E-state index in [-0.39, 0.29) is 19.2 Å². The van der Waals surface area contributed by atoms with E-state index in [9.17, 15) is 9.90 Å². The lowest BCUT2D eigenvalue weighted by atomic mass is 10.1. The lowest BCUT2D eigenvalue weighted by Gasteiger charge is -2.15. The van der Waals surface area contributed by atoms with Gasteiger partial charge in [-0.15, -0.1) is 0 Å². The van der Waals surface area contributed by atoms with Crippen LogP contribution in [0.3, 0.4) is 0 Å². The summed E-state index contributed by atoms with van der Waals surface area (Å²) in [4.78, 5) is 12.1. The molecule has 1 N–H and O–H groups in total. The molecule has 0 aliphatic carbocycles. The zero-order valence-electron chi connectivity index (χ0n) is 26.5. The first kappa shape index (κ1) is 38.8. The molecule has 0 saturated heterocycles. The van der Waals surface area contributed by atoms with Gasteiger partial charge in [-0.05, 0) is 77.0 Å². The molecule has 0 aromatic carbocycles. The molecule has 0 spiro atoms. The SMILES string of the molecule is CC/C=C\C/C=C\C/C=C\CCCCCCCC(=O)OC(CO)COCCCCCC/C=C\C/C=C\C/C=C\CC. The second-order valence-corrected chi connectivity index (χ2v) is 10.5. The highest BCUT2D eigenvalue weighted by molar-refractivity contribution is 5.69. The van der Waals surface area contributed by atoms with Gasteiger partial charge in [-0.3, -0.25) is 4.79 Å². The molecule has 234 valence electrons. The van der Waals surface area contributed by atoms with Crippen molar-refractivity contribution < 1.29 is 19.4 Å². The number of unbranched alkanes of at least 4 members (excludes halogenated alkanes) is 9. The Morgan fingerprint density at radius 1 is 0.585 bits per heavy atom. The van der Waals surface area contributed by atoms with Crippen molar-refractivity contribution in [3.8, 4) is 0 Å². The van der Waals surface area contributed by atoms with E-state index in [1.54, 1.807) is 0 Å². The molecule has 0 bridgehead atoms. The second-order valence-electron chi connectivity index (χ2n) is 10.5. The Morgan fingerprint density at radius 2 is 1.02 bits per heavy atom. The maximum atomic E-state index is 12.1. The van der Waals surface area contributed by atoms with Gasteiger partial charge in [0.2, 0.25) is 0 Å². The van der Waals surface area contributed by atoms with Crippen molar-refractivity contribution in [2.45, 2.75) is 136 Å². The minimum atomic E-state index is -0.557. The molecule has 41 heavy (non-hydrogen) atoms. The molecule has 0 rings (SSSR count). The van der Waals surface area contributed by atoms with Crippen molar-refractivity contribution in [1.29, 1.82) is 0 Å². The molecule has 0 amide bonds. The van der Waals surface area contributed by atoms with Gasteiger partial charge in [0, 0.05) is 13.0 Å². The van der Waals surface area contributed by atoms with Gasteiger partial charge in [0.1, 0.15) is 6.10 Å². The number of hydrogen-bond donors (Lipinski definition) is 1. The molecule has 0 aliphatic rings. The molecule has 0 aromatic rings. The van der Waals surface area contributed by atoms with Crippen LogP contribution in [0.25, 0.3) is 0 Å². The zero-order valence-corrected chi connectivity index (χ0v) is 26.5. The van der Waals surface area contributed by atoms with Crippen molar-refractivity contribution in [3.63, 3.8) is 0 Å². The number of hydrogen-bond acceptors (Lipinski definition) is 4. The lowest BCUT2D eigenvalue weighted by molar-refractivity contribution is -0.154. The smallest absolute Gasteiger partial charge is 0.306 e. The van der Waals surface area contributed by atoms with Crippen LogP contribution in [-0.2, 0) is 14.3 Å². The van der Waals surface area contributed by atoms with Gasteiger partial charge in [0.25, 0.3) is 0 Å². The Kier molecular flexibility index (Phi) is 32.2. The first-order chi connectivity index (χ1) is 20.2. The van der Waals surface area contributed by atoms with Gasteiger partial charge in [0.15, 0.2) is 0 Å². The third kappa shape index (κ3) is 32.2. The number of aliphatic hydroxyl groups excluding tert-OH is 1. The van der Waals surface area contributed by atoms with E-state index in [1.165, 1.54) is 25.7 Å². The van der Waals surface area contributed by atoms with Gasteiger partial charge >= 0.3 is 5.97 Å². The monoisotopic (exact) mass is 570 g/mol. The van der Waals surface area contributed by atoms with Crippen LogP contribution in [0.4, 0.5) is 0 Å². The van der Waals surface area contributed by atoms with Crippen molar-refractivity contribution in [1.82, 2.24) is 0 Å². The molecule has 4 heteroatoms. The Labute approximate surface area is 253 Å². The van der Waals surface area contributed by atoms with E-state index in [0.29, 0.717) is 13.0 Å². The summed E-state index contributed by atoms with van der Waals surface area (Å²) >= 11 is 0. The fraction of sp³-hybridized carbons (Fsp3) is 0.649. The largest absolute Gasteiger partial charge is 0.457 e. The first-order valence-electron chi connectivity index (χ1n) is 16.5. The van der Waals surface area contributed by atoms with Gasteiger partial charge in [-0.1, -0.05) is 119 Å². The average Bonchev–Trinajstić information content (AvgIpc) is 2.98. The van der Waals surface area contributed by atoms with E-state index in [1.807, 2.05) is 0 Å². The van der Waals surface area contributed by atoms with E-state index in [0.717, 1.165) is 83.5 Å². The molecule has 0 radical (unpaired) electrons. The highest BCUT2D eigenvalue weighted by atomic mass is 16.6. The highest BCUT2D eigenvalue weighted by Crippen LogP contribution is 2.10. The van der Waals surface area contributed by atoms with Gasteiger partial charge in [-0.25, -0.2) is 0 Å². The number of allylic oxidation sites excluding steroid dienone is 12. The summed E-state index contributed by atoms with van der Waals surface area (Å²) in [6.07, 6.45) is 45.0. The van der Waals surface area contributed by atoms with Crippen LogP contribution < -0.4 is 0 Å². The molecule has 0 aromatic heterocycles. The summed E-state index contributed by atoms with van der Waals surface area (Å²) < 4.78 is 11.0. The fourth-order valence-corrected chi connectivity index (χ4v) is 4.12. The Hall–Kier alpha value is -2.17. The number of aliphatic hydroxyl groups is 1. The molecule has 4 nitrogen and oxygen atoms in total. The minimum Gasteiger partial charge on any atom is -0.457 e. The third-order valence-corrected chi connectivity index (χ3v) is 6.53. The summed E-state index contributed by atoms with van der Waals surface area (Å²) in [6, 6.07) is 0. The molecular weight excluding hydrogens is 508 g/mol. The fourth-order valence-electron chi connectivity index (χ4n) is 4.12. The number of esters is 1. The van der Waals surface area contributed by atoms with Crippen LogP contribution in [0.15, 0.2) is 72.9 Å². The van der Waals surface area contributed by atoms with Crippen LogP contribution in [0.5, 0.6) is 0 Å². The second kappa shape index (κ2) is 34.0. The predicted molar refractivity (Wildman–Crippen MR) is 177 cm³/mol. The van der Waals surface area contributed by atoms with E-state index >= 15 is 0 Å².